The van der Waals surface area contributed by atoms with Crippen LogP contribution in [0.25, 0.3) is 0 Å². The maximum Gasteiger partial charge on any atom is 0.244 e. The molecule has 2 aliphatic heterocycles. The molecule has 2 saturated heterocycles. The van der Waals surface area contributed by atoms with Gasteiger partial charge in [0.15, 0.2) is 0 Å². The van der Waals surface area contributed by atoms with Crippen molar-refractivity contribution in [2.45, 2.75) is 25.3 Å². The lowest BCUT2D eigenvalue weighted by molar-refractivity contribution is -0.133. The molecule has 2 amide bonds. The summed E-state index contributed by atoms with van der Waals surface area (Å²) in [4.78, 5) is 35.5. The number of hydrogen-bond donors (Lipinski definition) is 0. The number of carbonyl (C=O) groups is 2. The van der Waals surface area contributed by atoms with E-state index >= 15 is 0 Å². The lowest BCUT2D eigenvalue weighted by atomic mass is 10.1. The van der Waals surface area contributed by atoms with Crippen LogP contribution >= 0.6 is 0 Å². The van der Waals surface area contributed by atoms with Gasteiger partial charge in [-0.15, -0.1) is 0 Å². The highest BCUT2D eigenvalue weighted by molar-refractivity contribution is 5.99. The van der Waals surface area contributed by atoms with E-state index in [4.69, 9.17) is 0 Å². The van der Waals surface area contributed by atoms with E-state index in [9.17, 15) is 9.59 Å². The molecule has 28 heavy (non-hydrogen) atoms. The van der Waals surface area contributed by atoms with Gasteiger partial charge in [-0.25, -0.2) is 0 Å². The van der Waals surface area contributed by atoms with Gasteiger partial charge in [-0.2, -0.15) is 0 Å². The van der Waals surface area contributed by atoms with Gasteiger partial charge in [0.2, 0.25) is 11.8 Å². The second kappa shape index (κ2) is 8.52. The van der Waals surface area contributed by atoms with E-state index in [0.29, 0.717) is 19.5 Å². The van der Waals surface area contributed by atoms with Crippen molar-refractivity contribution in [1.82, 2.24) is 14.8 Å². The fourth-order valence-electron chi connectivity index (χ4n) is 4.11. The molecular weight excluding hydrogens is 352 g/mol. The van der Waals surface area contributed by atoms with Crippen molar-refractivity contribution in [1.29, 1.82) is 0 Å². The smallest absolute Gasteiger partial charge is 0.244 e. The second-order valence-corrected chi connectivity index (χ2v) is 7.40. The highest BCUT2D eigenvalue weighted by Crippen LogP contribution is 2.25. The summed E-state index contributed by atoms with van der Waals surface area (Å²) in [6, 6.07) is 13.7. The monoisotopic (exact) mass is 378 g/mol. The number of rotatable bonds is 5. The number of piperazine rings is 1. The zero-order chi connectivity index (χ0) is 19.3. The molecule has 1 atom stereocenters. The molecule has 146 valence electrons. The molecule has 2 fully saturated rings. The van der Waals surface area contributed by atoms with Crippen molar-refractivity contribution in [2.75, 3.05) is 37.6 Å². The average molecular weight is 378 g/mol. The Labute approximate surface area is 165 Å². The molecule has 1 unspecified atom stereocenters. The van der Waals surface area contributed by atoms with Gasteiger partial charge in [0, 0.05) is 57.2 Å². The summed E-state index contributed by atoms with van der Waals surface area (Å²) in [7, 11) is 0. The Kier molecular flexibility index (Phi) is 5.67. The quantitative estimate of drug-likeness (QED) is 0.798. The van der Waals surface area contributed by atoms with Crippen LogP contribution in [0.15, 0.2) is 54.9 Å². The van der Waals surface area contributed by atoms with Crippen molar-refractivity contribution >= 4 is 17.5 Å². The number of hydrogen-bond acceptors (Lipinski definition) is 4. The molecule has 0 saturated carbocycles. The molecule has 2 aromatic rings. The number of para-hydroxylation sites is 1. The normalized spacial score (nSPS) is 20.6. The topological polar surface area (TPSA) is 56.8 Å². The number of aromatic nitrogens is 1. The molecule has 0 bridgehead atoms. The van der Waals surface area contributed by atoms with Gasteiger partial charge in [-0.1, -0.05) is 18.2 Å². The number of aryl methyl sites for hydroxylation is 1. The van der Waals surface area contributed by atoms with Crippen LogP contribution in [0.2, 0.25) is 0 Å². The molecule has 2 aliphatic rings. The summed E-state index contributed by atoms with van der Waals surface area (Å²) in [5.74, 6) is 0.379. The first-order chi connectivity index (χ1) is 13.7. The lowest BCUT2D eigenvalue weighted by Crippen LogP contribution is -2.53. The van der Waals surface area contributed by atoms with Crippen LogP contribution in [0.1, 0.15) is 18.4 Å². The van der Waals surface area contributed by atoms with Crippen molar-refractivity contribution in [3.05, 3.63) is 60.4 Å². The van der Waals surface area contributed by atoms with E-state index in [1.807, 2.05) is 52.3 Å². The lowest BCUT2D eigenvalue weighted by Gasteiger charge is -2.37. The molecule has 4 rings (SSSR count). The SMILES string of the molecule is O=C(CCc1ccncc1)N1CCN(C2CCN(c3ccccc3)C2=O)CC1. The summed E-state index contributed by atoms with van der Waals surface area (Å²) in [6.07, 6.45) is 5.64. The van der Waals surface area contributed by atoms with Crippen LogP contribution in [-0.2, 0) is 16.0 Å². The minimum atomic E-state index is -0.0609. The minimum absolute atomic E-state index is 0.0609. The first kappa shape index (κ1) is 18.6. The van der Waals surface area contributed by atoms with E-state index in [0.717, 1.165) is 43.7 Å². The Balaban J connectivity index is 1.27. The Bertz CT molecular complexity index is 804. The van der Waals surface area contributed by atoms with Crippen LogP contribution in [0.5, 0.6) is 0 Å². The molecule has 1 aromatic carbocycles. The molecule has 0 N–H and O–H groups in total. The standard InChI is InChI=1S/C22H26N4O2/c27-21(7-6-18-8-11-23-12-9-18)25-16-14-24(15-17-25)20-10-13-26(22(20)28)19-4-2-1-3-5-19/h1-5,8-9,11-12,20H,6-7,10,13-17H2. The molecule has 0 radical (unpaired) electrons. The maximum absolute atomic E-state index is 12.9. The summed E-state index contributed by atoms with van der Waals surface area (Å²) in [5, 5.41) is 0. The third-order valence-corrected chi connectivity index (χ3v) is 5.73. The highest BCUT2D eigenvalue weighted by Gasteiger charge is 2.38. The maximum atomic E-state index is 12.9. The Morgan fingerprint density at radius 2 is 1.68 bits per heavy atom. The zero-order valence-corrected chi connectivity index (χ0v) is 16.0. The van der Waals surface area contributed by atoms with Crippen molar-refractivity contribution in [3.63, 3.8) is 0 Å². The van der Waals surface area contributed by atoms with Crippen LogP contribution in [0, 0.1) is 0 Å². The Morgan fingerprint density at radius 1 is 0.964 bits per heavy atom. The fraction of sp³-hybridized carbons (Fsp3) is 0.409. The predicted molar refractivity (Wildman–Crippen MR) is 108 cm³/mol. The molecule has 3 heterocycles. The summed E-state index contributed by atoms with van der Waals surface area (Å²) in [5.41, 5.74) is 2.11. The molecule has 1 aromatic heterocycles. The summed E-state index contributed by atoms with van der Waals surface area (Å²) in [6.45, 7) is 3.69. The van der Waals surface area contributed by atoms with Gasteiger partial charge in [-0.3, -0.25) is 19.5 Å². The minimum Gasteiger partial charge on any atom is -0.340 e. The zero-order valence-electron chi connectivity index (χ0n) is 16.0. The number of carbonyl (C=O) groups excluding carboxylic acids is 2. The van der Waals surface area contributed by atoms with E-state index < -0.39 is 0 Å². The molecule has 6 heteroatoms. The van der Waals surface area contributed by atoms with Crippen molar-refractivity contribution in [3.8, 4) is 0 Å². The predicted octanol–water partition coefficient (Wildman–Crippen LogP) is 1.96. The first-order valence-electron chi connectivity index (χ1n) is 9.99. The average Bonchev–Trinajstić information content (AvgIpc) is 3.15. The fourth-order valence-corrected chi connectivity index (χ4v) is 4.11. The second-order valence-electron chi connectivity index (χ2n) is 7.40. The van der Waals surface area contributed by atoms with E-state index in [1.54, 1.807) is 12.4 Å². The van der Waals surface area contributed by atoms with Crippen molar-refractivity contribution in [2.24, 2.45) is 0 Å². The van der Waals surface area contributed by atoms with Gasteiger partial charge >= 0.3 is 0 Å². The molecule has 0 aliphatic carbocycles. The molecule has 6 nitrogen and oxygen atoms in total. The van der Waals surface area contributed by atoms with Gasteiger partial charge in [0.25, 0.3) is 0 Å². The van der Waals surface area contributed by atoms with Gasteiger partial charge < -0.3 is 9.80 Å². The summed E-state index contributed by atoms with van der Waals surface area (Å²) < 4.78 is 0. The van der Waals surface area contributed by atoms with Gasteiger partial charge in [-0.05, 0) is 42.7 Å². The Hall–Kier alpha value is -2.73. The number of benzene rings is 1. The largest absolute Gasteiger partial charge is 0.340 e. The first-order valence-corrected chi connectivity index (χ1v) is 9.99. The number of nitrogens with zero attached hydrogens (tertiary/aromatic N) is 4. The van der Waals surface area contributed by atoms with Crippen LogP contribution < -0.4 is 4.90 Å². The van der Waals surface area contributed by atoms with Crippen LogP contribution in [0.4, 0.5) is 5.69 Å². The number of pyridine rings is 1. The Morgan fingerprint density at radius 3 is 2.39 bits per heavy atom. The molecule has 0 spiro atoms. The van der Waals surface area contributed by atoms with Gasteiger partial charge in [0.1, 0.15) is 0 Å². The van der Waals surface area contributed by atoms with Crippen molar-refractivity contribution < 1.29 is 9.59 Å². The molecular formula is C22H26N4O2. The van der Waals surface area contributed by atoms with E-state index in [1.165, 1.54) is 0 Å². The number of amides is 2. The van der Waals surface area contributed by atoms with Gasteiger partial charge in [0.05, 0.1) is 6.04 Å². The third-order valence-electron chi connectivity index (χ3n) is 5.73. The van der Waals surface area contributed by atoms with Crippen LogP contribution in [0.3, 0.4) is 0 Å². The third kappa shape index (κ3) is 4.07. The van der Waals surface area contributed by atoms with Crippen LogP contribution in [-0.4, -0.2) is 65.4 Å². The summed E-state index contributed by atoms with van der Waals surface area (Å²) >= 11 is 0. The van der Waals surface area contributed by atoms with E-state index in [2.05, 4.69) is 9.88 Å². The highest BCUT2D eigenvalue weighted by atomic mass is 16.2. The van der Waals surface area contributed by atoms with E-state index in [-0.39, 0.29) is 17.9 Å². The number of anilines is 1.